The summed E-state index contributed by atoms with van der Waals surface area (Å²) in [6, 6.07) is 3.82. The largest absolute Gasteiger partial charge is 0.245 e. The first kappa shape index (κ1) is 15.1. The lowest BCUT2D eigenvalue weighted by Gasteiger charge is -2.42. The summed E-state index contributed by atoms with van der Waals surface area (Å²) in [5.41, 5.74) is 3.17. The standard InChI is InChI=1S/C17H22O2S/c1-7-20(18,19)15-11-14-13(10-12(15)2)16(3,4)8-9-17(14,5)6/h1,10-11H,8-9H2,2-6H3. The highest BCUT2D eigenvalue weighted by Crippen LogP contribution is 2.46. The fraction of sp³-hybridized carbons (Fsp3) is 0.529. The summed E-state index contributed by atoms with van der Waals surface area (Å²) in [6.07, 6.45) is 7.32. The minimum absolute atomic E-state index is 0.0164. The quantitative estimate of drug-likeness (QED) is 0.583. The molecule has 0 unspecified atom stereocenters. The molecule has 0 spiro atoms. The van der Waals surface area contributed by atoms with Crippen LogP contribution in [0.3, 0.4) is 0 Å². The molecule has 1 aromatic carbocycles. The van der Waals surface area contributed by atoms with Gasteiger partial charge in [0, 0.05) is 5.25 Å². The third-order valence-electron chi connectivity index (χ3n) is 4.59. The SMILES string of the molecule is C#CS(=O)(=O)c1cc2c(cc1C)C(C)(C)CCC2(C)C. The number of hydrogen-bond acceptors (Lipinski definition) is 2. The molecule has 20 heavy (non-hydrogen) atoms. The maximum Gasteiger partial charge on any atom is 0.245 e. The first-order valence-corrected chi connectivity index (χ1v) is 8.38. The lowest BCUT2D eigenvalue weighted by atomic mass is 9.63. The second-order valence-electron chi connectivity index (χ2n) is 7.05. The summed E-state index contributed by atoms with van der Waals surface area (Å²) in [7, 11) is -3.62. The number of sulfone groups is 1. The van der Waals surface area contributed by atoms with E-state index in [4.69, 9.17) is 6.42 Å². The minimum atomic E-state index is -3.62. The molecule has 2 rings (SSSR count). The van der Waals surface area contributed by atoms with E-state index in [0.717, 1.165) is 24.0 Å². The zero-order valence-corrected chi connectivity index (χ0v) is 13.7. The Morgan fingerprint density at radius 1 is 1.05 bits per heavy atom. The Morgan fingerprint density at radius 3 is 1.95 bits per heavy atom. The predicted molar refractivity (Wildman–Crippen MR) is 82.5 cm³/mol. The van der Waals surface area contributed by atoms with Crippen LogP contribution in [0.2, 0.25) is 0 Å². The zero-order chi connectivity index (χ0) is 15.3. The van der Waals surface area contributed by atoms with Gasteiger partial charge in [0.2, 0.25) is 9.84 Å². The highest BCUT2D eigenvalue weighted by atomic mass is 32.2. The smallest absolute Gasteiger partial charge is 0.210 e. The number of rotatable bonds is 1. The summed E-state index contributed by atoms with van der Waals surface area (Å²) in [6.45, 7) is 10.6. The molecule has 3 heteroatoms. The number of fused-ring (bicyclic) bond motifs is 1. The average Bonchev–Trinajstić information content (AvgIpc) is 2.34. The number of aryl methyl sites for hydroxylation is 1. The molecular weight excluding hydrogens is 268 g/mol. The van der Waals surface area contributed by atoms with Crippen LogP contribution in [0, 0.1) is 18.6 Å². The van der Waals surface area contributed by atoms with Gasteiger partial charge < -0.3 is 0 Å². The fourth-order valence-corrected chi connectivity index (χ4v) is 3.94. The van der Waals surface area contributed by atoms with Crippen molar-refractivity contribution in [1.29, 1.82) is 0 Å². The molecule has 0 heterocycles. The Labute approximate surface area is 122 Å². The lowest BCUT2D eigenvalue weighted by molar-refractivity contribution is 0.331. The van der Waals surface area contributed by atoms with Gasteiger partial charge in [0.25, 0.3) is 0 Å². The number of hydrogen-bond donors (Lipinski definition) is 0. The molecule has 0 saturated heterocycles. The Bertz CT molecular complexity index is 701. The van der Waals surface area contributed by atoms with Gasteiger partial charge in [0.1, 0.15) is 0 Å². The van der Waals surface area contributed by atoms with Crippen LogP contribution >= 0.6 is 0 Å². The monoisotopic (exact) mass is 290 g/mol. The van der Waals surface area contributed by atoms with Crippen molar-refractivity contribution in [3.05, 3.63) is 28.8 Å². The van der Waals surface area contributed by atoms with Gasteiger partial charge in [0.05, 0.1) is 4.90 Å². The minimum Gasteiger partial charge on any atom is -0.210 e. The molecule has 108 valence electrons. The Balaban J connectivity index is 2.81. The van der Waals surface area contributed by atoms with Crippen molar-refractivity contribution in [2.45, 2.75) is 63.2 Å². The van der Waals surface area contributed by atoms with E-state index < -0.39 is 9.84 Å². The molecule has 0 radical (unpaired) electrons. The first-order chi connectivity index (χ1) is 9.01. The molecule has 0 aromatic heterocycles. The van der Waals surface area contributed by atoms with E-state index in [-0.39, 0.29) is 15.7 Å². The van der Waals surface area contributed by atoms with Crippen LogP contribution in [-0.2, 0) is 20.7 Å². The Kier molecular flexibility index (Phi) is 3.30. The van der Waals surface area contributed by atoms with E-state index in [0.29, 0.717) is 0 Å². The highest BCUT2D eigenvalue weighted by Gasteiger charge is 2.38. The highest BCUT2D eigenvalue weighted by molar-refractivity contribution is 7.96. The molecule has 0 fully saturated rings. The van der Waals surface area contributed by atoms with E-state index in [9.17, 15) is 8.42 Å². The molecule has 2 nitrogen and oxygen atoms in total. The summed E-state index contributed by atoms with van der Waals surface area (Å²) in [4.78, 5) is 0.282. The Morgan fingerprint density at radius 2 is 1.50 bits per heavy atom. The molecule has 0 atom stereocenters. The van der Waals surface area contributed by atoms with Crippen LogP contribution in [0.5, 0.6) is 0 Å². The van der Waals surface area contributed by atoms with Crippen molar-refractivity contribution in [3.63, 3.8) is 0 Å². The summed E-state index contributed by atoms with van der Waals surface area (Å²) < 4.78 is 24.1. The van der Waals surface area contributed by atoms with Crippen molar-refractivity contribution >= 4 is 9.84 Å². The molecular formula is C17H22O2S. The molecule has 0 saturated carbocycles. The molecule has 0 amide bonds. The van der Waals surface area contributed by atoms with Gasteiger partial charge in [-0.15, -0.1) is 6.42 Å². The number of terminal acetylenes is 1. The number of benzene rings is 1. The maximum absolute atomic E-state index is 12.0. The second-order valence-corrected chi connectivity index (χ2v) is 8.73. The third-order valence-corrected chi connectivity index (χ3v) is 5.92. The van der Waals surface area contributed by atoms with Crippen molar-refractivity contribution in [3.8, 4) is 11.7 Å². The summed E-state index contributed by atoms with van der Waals surface area (Å²) in [5.74, 6) is 0. The maximum atomic E-state index is 12.0. The van der Waals surface area contributed by atoms with Gasteiger partial charge in [-0.3, -0.25) is 0 Å². The van der Waals surface area contributed by atoms with Crippen molar-refractivity contribution in [1.82, 2.24) is 0 Å². The van der Waals surface area contributed by atoms with Gasteiger partial charge in [-0.1, -0.05) is 33.8 Å². The molecule has 1 aliphatic carbocycles. The van der Waals surface area contributed by atoms with E-state index in [1.54, 1.807) is 6.07 Å². The van der Waals surface area contributed by atoms with Gasteiger partial charge >= 0.3 is 0 Å². The van der Waals surface area contributed by atoms with Gasteiger partial charge in [0.15, 0.2) is 0 Å². The van der Waals surface area contributed by atoms with Gasteiger partial charge in [-0.25, -0.2) is 8.42 Å². The third kappa shape index (κ3) is 2.27. The van der Waals surface area contributed by atoms with Crippen molar-refractivity contribution in [2.75, 3.05) is 0 Å². The van der Waals surface area contributed by atoms with Crippen LogP contribution in [0.4, 0.5) is 0 Å². The molecule has 1 aliphatic rings. The van der Waals surface area contributed by atoms with E-state index >= 15 is 0 Å². The van der Waals surface area contributed by atoms with Crippen LogP contribution in [-0.4, -0.2) is 8.42 Å². The predicted octanol–water partition coefficient (Wildman–Crippen LogP) is 3.71. The summed E-state index contributed by atoms with van der Waals surface area (Å²) in [5, 5.41) is 1.93. The topological polar surface area (TPSA) is 34.1 Å². The van der Waals surface area contributed by atoms with Crippen LogP contribution in [0.15, 0.2) is 17.0 Å². The van der Waals surface area contributed by atoms with Crippen LogP contribution < -0.4 is 0 Å². The second kappa shape index (κ2) is 4.36. The van der Waals surface area contributed by atoms with Crippen molar-refractivity contribution < 1.29 is 8.42 Å². The lowest BCUT2D eigenvalue weighted by Crippen LogP contribution is -2.34. The zero-order valence-electron chi connectivity index (χ0n) is 12.9. The molecule has 0 N–H and O–H groups in total. The first-order valence-electron chi connectivity index (χ1n) is 6.89. The van der Waals surface area contributed by atoms with E-state index in [1.807, 2.05) is 18.2 Å². The molecule has 0 aliphatic heterocycles. The van der Waals surface area contributed by atoms with Crippen LogP contribution in [0.25, 0.3) is 0 Å². The molecule has 1 aromatic rings. The van der Waals surface area contributed by atoms with Gasteiger partial charge in [-0.05, 0) is 53.4 Å². The normalized spacial score (nSPS) is 20.0. The fourth-order valence-electron chi connectivity index (χ4n) is 3.06. The van der Waals surface area contributed by atoms with E-state index in [2.05, 4.69) is 27.7 Å². The Hall–Kier alpha value is -1.27. The van der Waals surface area contributed by atoms with Crippen molar-refractivity contribution in [2.24, 2.45) is 0 Å². The summed E-state index contributed by atoms with van der Waals surface area (Å²) >= 11 is 0. The van der Waals surface area contributed by atoms with Crippen LogP contribution in [0.1, 0.15) is 57.2 Å². The van der Waals surface area contributed by atoms with E-state index in [1.165, 1.54) is 5.56 Å². The molecule has 0 bridgehead atoms. The van der Waals surface area contributed by atoms with Gasteiger partial charge in [-0.2, -0.15) is 0 Å². The average molecular weight is 290 g/mol.